The lowest BCUT2D eigenvalue weighted by Gasteiger charge is -2.31. The number of nitrogens with two attached hydrogens (primary N) is 3. The number of hydrogen-bond donors (Lipinski definition) is 13. The molecule has 0 radical (unpaired) electrons. The maximum Gasteiger partial charge on any atom is 0.469 e. The molecule has 0 spiro atoms. The monoisotopic (exact) mass is 844 g/mol. The molecule has 324 valence electrons. The summed E-state index contributed by atoms with van der Waals surface area (Å²) in [7, 11) is -5.27. The zero-order valence-electron chi connectivity index (χ0n) is 31.9. The third-order valence-electron chi connectivity index (χ3n) is 8.63. The molecule has 24 nitrogen and oxygen atoms in total. The maximum atomic E-state index is 14.0. The van der Waals surface area contributed by atoms with Crippen LogP contribution in [0.4, 0.5) is 0 Å². The molecule has 16 N–H and O–H groups in total. The summed E-state index contributed by atoms with van der Waals surface area (Å²) < 4.78 is 16.2. The Labute approximate surface area is 332 Å². The number of phosphoric acid groups is 1. The lowest BCUT2D eigenvalue weighted by molar-refractivity contribution is -0.145. The molecular formula is C33H53N10O14P. The molecule has 0 unspecified atom stereocenters. The normalized spacial score (nSPS) is 17.6. The van der Waals surface area contributed by atoms with Crippen LogP contribution in [0.3, 0.4) is 0 Å². The number of likely N-dealkylation sites (tertiary alicyclic amines) is 1. The smallest absolute Gasteiger partial charge is 0.469 e. The van der Waals surface area contributed by atoms with Crippen molar-refractivity contribution in [3.8, 4) is 0 Å². The van der Waals surface area contributed by atoms with E-state index in [0.717, 1.165) is 4.90 Å². The summed E-state index contributed by atoms with van der Waals surface area (Å²) in [5.41, 5.74) is 16.8. The van der Waals surface area contributed by atoms with Crippen LogP contribution < -0.4 is 43.8 Å². The van der Waals surface area contributed by atoms with Crippen LogP contribution in [-0.4, -0.2) is 152 Å². The number of carbonyl (C=O) groups excluding carboxylic acids is 6. The fraction of sp³-hybridized carbons (Fsp3) is 0.576. The van der Waals surface area contributed by atoms with Crippen LogP contribution in [0.5, 0.6) is 0 Å². The highest BCUT2D eigenvalue weighted by Crippen LogP contribution is 2.36. The Morgan fingerprint density at radius 3 is 2.03 bits per heavy atom. The highest BCUT2D eigenvalue weighted by Gasteiger charge is 2.41. The number of hydrogen-bond acceptors (Lipinski definition) is 13. The molecule has 0 aliphatic carbocycles. The third kappa shape index (κ3) is 16.3. The van der Waals surface area contributed by atoms with Gasteiger partial charge in [-0.15, -0.1) is 0 Å². The van der Waals surface area contributed by atoms with Crippen LogP contribution in [-0.2, 0) is 49.1 Å². The van der Waals surface area contributed by atoms with E-state index in [2.05, 4.69) is 36.1 Å². The Kier molecular flexibility index (Phi) is 19.6. The van der Waals surface area contributed by atoms with Crippen molar-refractivity contribution in [1.29, 1.82) is 0 Å². The number of amides is 6. The van der Waals surface area contributed by atoms with E-state index in [0.29, 0.717) is 5.56 Å². The number of aliphatic imine (C=N–C) groups is 1. The fourth-order valence-electron chi connectivity index (χ4n) is 5.63. The number of aliphatic hydroxyl groups is 2. The summed E-state index contributed by atoms with van der Waals surface area (Å²) in [6, 6.07) is -2.22. The van der Waals surface area contributed by atoms with Gasteiger partial charge in [0.15, 0.2) is 5.96 Å². The van der Waals surface area contributed by atoms with Gasteiger partial charge in [-0.1, -0.05) is 30.3 Å². The Morgan fingerprint density at radius 2 is 1.48 bits per heavy atom. The minimum atomic E-state index is -5.27. The molecule has 1 aromatic carbocycles. The van der Waals surface area contributed by atoms with E-state index < -0.39 is 111 Å². The minimum Gasteiger partial charge on any atom is -0.480 e. The number of nitrogens with one attached hydrogen (secondary N) is 5. The first-order valence-electron chi connectivity index (χ1n) is 18.0. The molecule has 0 bridgehead atoms. The van der Waals surface area contributed by atoms with Gasteiger partial charge in [0.25, 0.3) is 0 Å². The van der Waals surface area contributed by atoms with Gasteiger partial charge in [-0.05, 0) is 45.1 Å². The first kappa shape index (κ1) is 48.9. The molecular weight excluding hydrogens is 791 g/mol. The third-order valence-corrected chi connectivity index (χ3v) is 9.12. The first-order valence-corrected chi connectivity index (χ1v) is 19.6. The number of carboxylic acids is 1. The van der Waals surface area contributed by atoms with Crippen molar-refractivity contribution < 1.29 is 67.8 Å². The van der Waals surface area contributed by atoms with Gasteiger partial charge in [0.1, 0.15) is 36.3 Å². The molecule has 0 aromatic heterocycles. The van der Waals surface area contributed by atoms with Gasteiger partial charge < -0.3 is 73.8 Å². The molecule has 1 aromatic rings. The van der Waals surface area contributed by atoms with Crippen molar-refractivity contribution in [3.63, 3.8) is 0 Å². The fourth-order valence-corrected chi connectivity index (χ4v) is 5.97. The number of phosphoric ester groups is 1. The second-order valence-electron chi connectivity index (χ2n) is 13.4. The van der Waals surface area contributed by atoms with E-state index in [1.807, 2.05) is 0 Å². The van der Waals surface area contributed by atoms with E-state index in [1.54, 1.807) is 30.3 Å². The number of nitrogens with zero attached hydrogens (tertiary/aromatic N) is 2. The average Bonchev–Trinajstić information content (AvgIpc) is 3.65. The van der Waals surface area contributed by atoms with Crippen molar-refractivity contribution in [2.24, 2.45) is 22.2 Å². The predicted molar refractivity (Wildman–Crippen MR) is 202 cm³/mol. The molecule has 1 saturated heterocycles. The lowest BCUT2D eigenvalue weighted by atomic mass is 10.0. The summed E-state index contributed by atoms with van der Waals surface area (Å²) in [6.07, 6.45) is -1.64. The summed E-state index contributed by atoms with van der Waals surface area (Å²) in [4.78, 5) is 115. The Morgan fingerprint density at radius 1 is 0.897 bits per heavy atom. The minimum absolute atomic E-state index is 0.00332. The van der Waals surface area contributed by atoms with E-state index in [4.69, 9.17) is 17.2 Å². The Hall–Kier alpha value is -5.23. The maximum absolute atomic E-state index is 14.0. The van der Waals surface area contributed by atoms with E-state index >= 15 is 0 Å². The summed E-state index contributed by atoms with van der Waals surface area (Å²) in [6.45, 7) is 0.292. The number of aliphatic hydroxyl groups excluding tert-OH is 2. The number of carbonyl (C=O) groups is 7. The highest BCUT2D eigenvalue weighted by molar-refractivity contribution is 7.46. The number of rotatable bonds is 23. The van der Waals surface area contributed by atoms with Crippen molar-refractivity contribution in [3.05, 3.63) is 35.9 Å². The van der Waals surface area contributed by atoms with Gasteiger partial charge >= 0.3 is 13.8 Å². The Balaban J connectivity index is 2.33. The van der Waals surface area contributed by atoms with Gasteiger partial charge in [-0.3, -0.25) is 38.3 Å². The molecule has 0 saturated carbocycles. The molecule has 1 aliphatic heterocycles. The van der Waals surface area contributed by atoms with Gasteiger partial charge in [0.2, 0.25) is 35.4 Å². The zero-order chi connectivity index (χ0) is 43.7. The summed E-state index contributed by atoms with van der Waals surface area (Å²) in [5, 5.41) is 41.3. The molecule has 2 rings (SSSR count). The van der Waals surface area contributed by atoms with Crippen LogP contribution in [0.2, 0.25) is 0 Å². The van der Waals surface area contributed by atoms with Crippen LogP contribution in [0.1, 0.15) is 45.1 Å². The van der Waals surface area contributed by atoms with Crippen LogP contribution in [0.15, 0.2) is 35.3 Å². The Bertz CT molecular complexity index is 1670. The first-order chi connectivity index (χ1) is 27.1. The highest BCUT2D eigenvalue weighted by atomic mass is 31.2. The van der Waals surface area contributed by atoms with Crippen molar-refractivity contribution in [2.45, 2.75) is 94.3 Å². The standard InChI is InChI=1S/C33H53N10O14P/c1-17(34)26(46)40-22(15-44)28(48)38-20(10-6-12-37-33(35)36)27(47)41-23(16-57-58(54,55)56)31(51)43-13-7-11-24(43)29(49)42-25(18(2)45)30(50)39-21(32(52)53)14-19-8-4-3-5-9-19/h3-5,8-9,17-18,20-25,44-45H,6-7,10-16,34H2,1-2H3,(H,38,48)(H,39,50)(H,40,46)(H,41,47)(H,42,49)(H,52,53)(H4,35,36,37)(H2,54,55,56)/t17-,18+,20-,21-,22-,23-,24-,25-/m0/s1. The SMILES string of the molecule is C[C@H](N)C(=O)N[C@@H](CO)C(=O)N[C@@H](CCCN=C(N)N)C(=O)N[C@@H](COP(=O)(O)O)C(=O)N1CCC[C@H]1C(=O)N[C@H](C(=O)N[C@@H](Cc1ccccc1)C(=O)O)[C@@H](C)O. The van der Waals surface area contributed by atoms with Crippen LogP contribution >= 0.6 is 7.82 Å². The number of guanidine groups is 1. The van der Waals surface area contributed by atoms with Gasteiger partial charge in [-0.25, -0.2) is 9.36 Å². The van der Waals surface area contributed by atoms with Crippen LogP contribution in [0.25, 0.3) is 0 Å². The van der Waals surface area contributed by atoms with Crippen LogP contribution in [0, 0.1) is 0 Å². The van der Waals surface area contributed by atoms with Gasteiger partial charge in [0.05, 0.1) is 25.4 Å². The van der Waals surface area contributed by atoms with Crippen molar-refractivity contribution in [2.75, 3.05) is 26.3 Å². The number of carboxylic acid groups (broad SMARTS) is 1. The molecule has 25 heteroatoms. The summed E-state index contributed by atoms with van der Waals surface area (Å²) in [5.74, 6) is -7.70. The van der Waals surface area contributed by atoms with Crippen molar-refractivity contribution >= 4 is 55.2 Å². The van der Waals surface area contributed by atoms with Gasteiger partial charge in [-0.2, -0.15) is 0 Å². The molecule has 1 fully saturated rings. The van der Waals surface area contributed by atoms with Gasteiger partial charge in [0, 0.05) is 19.5 Å². The van der Waals surface area contributed by atoms with E-state index in [9.17, 15) is 63.2 Å². The second-order valence-corrected chi connectivity index (χ2v) is 14.6. The lowest BCUT2D eigenvalue weighted by Crippen LogP contribution is -2.61. The summed E-state index contributed by atoms with van der Waals surface area (Å²) >= 11 is 0. The largest absolute Gasteiger partial charge is 0.480 e. The number of benzene rings is 1. The molecule has 1 heterocycles. The second kappa shape index (κ2) is 23.2. The predicted octanol–water partition coefficient (Wildman–Crippen LogP) is -5.39. The average molecular weight is 845 g/mol. The molecule has 1 aliphatic rings. The molecule has 58 heavy (non-hydrogen) atoms. The van der Waals surface area contributed by atoms with Crippen molar-refractivity contribution in [1.82, 2.24) is 31.5 Å². The topological polar surface area (TPSA) is 401 Å². The zero-order valence-corrected chi connectivity index (χ0v) is 32.7. The quantitative estimate of drug-likeness (QED) is 0.0212. The molecule has 6 amide bonds. The molecule has 8 atom stereocenters. The van der Waals surface area contributed by atoms with E-state index in [1.165, 1.54) is 13.8 Å². The van der Waals surface area contributed by atoms with E-state index in [-0.39, 0.29) is 51.2 Å². The number of aliphatic carboxylic acids is 1.